The minimum absolute atomic E-state index is 0.110. The molecule has 0 unspecified atom stereocenters. The van der Waals surface area contributed by atoms with Crippen molar-refractivity contribution in [2.24, 2.45) is 0 Å². The van der Waals surface area contributed by atoms with E-state index < -0.39 is 18.0 Å². The first-order chi connectivity index (χ1) is 13.8. The summed E-state index contributed by atoms with van der Waals surface area (Å²) in [5.74, 6) is -1.31. The number of halogens is 1. The second kappa shape index (κ2) is 8.83. The number of benzene rings is 2. The van der Waals surface area contributed by atoms with Crippen molar-refractivity contribution in [3.63, 3.8) is 0 Å². The van der Waals surface area contributed by atoms with E-state index in [1.807, 2.05) is 24.3 Å². The van der Waals surface area contributed by atoms with Crippen molar-refractivity contribution in [3.05, 3.63) is 70.3 Å². The number of ketones is 1. The van der Waals surface area contributed by atoms with E-state index in [2.05, 4.69) is 31.4 Å². The minimum atomic E-state index is -1.04. The van der Waals surface area contributed by atoms with E-state index in [4.69, 9.17) is 4.74 Å². The molecule has 2 N–H and O–H groups in total. The predicted octanol–water partition coefficient (Wildman–Crippen LogP) is 4.23. The Morgan fingerprint density at radius 3 is 2.52 bits per heavy atom. The standard InChI is InChI=1S/C21H18BrN3O4/c1-12(26)15-4-3-5-17(10-15)23-20(27)13(2)29-21(28)19-11-18(24-25-19)14-6-8-16(22)9-7-14/h3-11,13H,1-2H3,(H,23,27)(H,24,25)/t13-/m0/s1. The zero-order valence-corrected chi connectivity index (χ0v) is 17.3. The monoisotopic (exact) mass is 455 g/mol. The quantitative estimate of drug-likeness (QED) is 0.427. The maximum Gasteiger partial charge on any atom is 0.357 e. The van der Waals surface area contributed by atoms with Crippen molar-refractivity contribution in [2.45, 2.75) is 20.0 Å². The number of aromatic amines is 1. The highest BCUT2D eigenvalue weighted by Crippen LogP contribution is 2.21. The van der Waals surface area contributed by atoms with Crippen LogP contribution < -0.4 is 5.32 Å². The van der Waals surface area contributed by atoms with Gasteiger partial charge in [0.15, 0.2) is 11.9 Å². The Hall–Kier alpha value is -3.26. The van der Waals surface area contributed by atoms with Gasteiger partial charge in [0.25, 0.3) is 5.91 Å². The van der Waals surface area contributed by atoms with Crippen LogP contribution in [0.4, 0.5) is 5.69 Å². The smallest absolute Gasteiger partial charge is 0.357 e. The van der Waals surface area contributed by atoms with Crippen LogP contribution in [0.2, 0.25) is 0 Å². The van der Waals surface area contributed by atoms with Crippen molar-refractivity contribution < 1.29 is 19.1 Å². The summed E-state index contributed by atoms with van der Waals surface area (Å²) in [6, 6.07) is 15.6. The van der Waals surface area contributed by atoms with Gasteiger partial charge in [-0.15, -0.1) is 0 Å². The number of carbonyl (C=O) groups is 3. The third-order valence-electron chi connectivity index (χ3n) is 4.13. The molecular weight excluding hydrogens is 438 g/mol. The second-order valence-electron chi connectivity index (χ2n) is 6.35. The van der Waals surface area contributed by atoms with E-state index in [9.17, 15) is 14.4 Å². The average Bonchev–Trinajstić information content (AvgIpc) is 3.19. The van der Waals surface area contributed by atoms with Gasteiger partial charge in [0, 0.05) is 21.3 Å². The number of Topliss-reactive ketones (excluding diaryl/α,β-unsaturated/α-hetero) is 1. The van der Waals surface area contributed by atoms with Gasteiger partial charge in [-0.05, 0) is 44.2 Å². The molecule has 0 bridgehead atoms. The Labute approximate surface area is 175 Å². The van der Waals surface area contributed by atoms with Gasteiger partial charge in [0.1, 0.15) is 5.69 Å². The molecular formula is C21H18BrN3O4. The molecule has 1 atom stereocenters. The third kappa shape index (κ3) is 5.17. The van der Waals surface area contributed by atoms with Gasteiger partial charge in [0.05, 0.1) is 5.69 Å². The van der Waals surface area contributed by atoms with Crippen LogP contribution in [0.3, 0.4) is 0 Å². The first kappa shape index (κ1) is 20.5. The molecule has 1 heterocycles. The Bertz CT molecular complexity index is 1060. The van der Waals surface area contributed by atoms with Gasteiger partial charge in [-0.1, -0.05) is 40.2 Å². The molecule has 0 aliphatic rings. The molecule has 7 nitrogen and oxygen atoms in total. The average molecular weight is 456 g/mol. The summed E-state index contributed by atoms with van der Waals surface area (Å²) in [4.78, 5) is 36.1. The van der Waals surface area contributed by atoms with Gasteiger partial charge < -0.3 is 10.1 Å². The van der Waals surface area contributed by atoms with Crippen LogP contribution in [0.25, 0.3) is 11.3 Å². The van der Waals surface area contributed by atoms with Crippen molar-refractivity contribution in [1.82, 2.24) is 10.2 Å². The number of hydrogen-bond donors (Lipinski definition) is 2. The lowest BCUT2D eigenvalue weighted by Crippen LogP contribution is -2.30. The highest BCUT2D eigenvalue weighted by atomic mass is 79.9. The van der Waals surface area contributed by atoms with Crippen molar-refractivity contribution in [2.75, 3.05) is 5.32 Å². The maximum atomic E-state index is 12.3. The SMILES string of the molecule is CC(=O)c1cccc(NC(=O)[C@H](C)OC(=O)c2cc(-c3ccc(Br)cc3)n[nH]2)c1. The number of rotatable bonds is 6. The number of H-pyrrole nitrogens is 1. The van der Waals surface area contributed by atoms with Crippen LogP contribution in [0.5, 0.6) is 0 Å². The fourth-order valence-electron chi connectivity index (χ4n) is 2.53. The molecule has 0 aliphatic carbocycles. The van der Waals surface area contributed by atoms with Gasteiger partial charge in [0.2, 0.25) is 0 Å². The molecule has 8 heteroatoms. The van der Waals surface area contributed by atoms with Gasteiger partial charge in [-0.2, -0.15) is 5.10 Å². The lowest BCUT2D eigenvalue weighted by atomic mass is 10.1. The zero-order valence-electron chi connectivity index (χ0n) is 15.7. The van der Waals surface area contributed by atoms with E-state index in [1.165, 1.54) is 13.8 Å². The number of nitrogens with zero attached hydrogens (tertiary/aromatic N) is 1. The molecule has 0 spiro atoms. The molecule has 1 amide bonds. The zero-order chi connectivity index (χ0) is 21.0. The number of hydrogen-bond acceptors (Lipinski definition) is 5. The van der Waals surface area contributed by atoms with Crippen molar-refractivity contribution >= 4 is 39.3 Å². The van der Waals surface area contributed by atoms with Crippen LogP contribution in [0.15, 0.2) is 59.1 Å². The number of nitrogens with one attached hydrogen (secondary N) is 2. The van der Waals surface area contributed by atoms with Crippen LogP contribution in [0.1, 0.15) is 34.7 Å². The number of anilines is 1. The Balaban J connectivity index is 1.63. The Morgan fingerprint density at radius 1 is 1.10 bits per heavy atom. The third-order valence-corrected chi connectivity index (χ3v) is 4.66. The lowest BCUT2D eigenvalue weighted by molar-refractivity contribution is -0.123. The van der Waals surface area contributed by atoms with Crippen LogP contribution in [-0.4, -0.2) is 34.0 Å². The fourth-order valence-corrected chi connectivity index (χ4v) is 2.80. The Morgan fingerprint density at radius 2 is 1.83 bits per heavy atom. The summed E-state index contributed by atoms with van der Waals surface area (Å²) in [5, 5.41) is 9.37. The van der Waals surface area contributed by atoms with Gasteiger partial charge >= 0.3 is 5.97 Å². The molecule has 2 aromatic carbocycles. The molecule has 3 aromatic rings. The highest BCUT2D eigenvalue weighted by Gasteiger charge is 2.21. The van der Waals surface area contributed by atoms with Crippen LogP contribution in [-0.2, 0) is 9.53 Å². The molecule has 1 aromatic heterocycles. The maximum absolute atomic E-state index is 12.3. The number of ether oxygens (including phenoxy) is 1. The Kier molecular flexibility index (Phi) is 6.23. The number of esters is 1. The molecule has 0 saturated carbocycles. The molecule has 0 saturated heterocycles. The van der Waals surface area contributed by atoms with Crippen molar-refractivity contribution in [3.8, 4) is 11.3 Å². The molecule has 29 heavy (non-hydrogen) atoms. The summed E-state index contributed by atoms with van der Waals surface area (Å²) in [5.41, 5.74) is 2.48. The number of amides is 1. The molecule has 0 fully saturated rings. The first-order valence-corrected chi connectivity index (χ1v) is 9.57. The normalized spacial score (nSPS) is 11.6. The largest absolute Gasteiger partial charge is 0.448 e. The topological polar surface area (TPSA) is 101 Å². The first-order valence-electron chi connectivity index (χ1n) is 8.77. The van der Waals surface area contributed by atoms with E-state index >= 15 is 0 Å². The van der Waals surface area contributed by atoms with E-state index in [0.29, 0.717) is 16.9 Å². The summed E-state index contributed by atoms with van der Waals surface area (Å²) in [7, 11) is 0. The van der Waals surface area contributed by atoms with Crippen LogP contribution in [0, 0.1) is 0 Å². The second-order valence-corrected chi connectivity index (χ2v) is 7.26. The lowest BCUT2D eigenvalue weighted by Gasteiger charge is -2.13. The van der Waals surface area contributed by atoms with Gasteiger partial charge in [-0.3, -0.25) is 14.7 Å². The number of aromatic nitrogens is 2. The summed E-state index contributed by atoms with van der Waals surface area (Å²) in [6.07, 6.45) is -1.04. The van der Waals surface area contributed by atoms with Crippen LogP contribution >= 0.6 is 15.9 Å². The summed E-state index contributed by atoms with van der Waals surface area (Å²) >= 11 is 3.36. The summed E-state index contributed by atoms with van der Waals surface area (Å²) < 4.78 is 6.16. The van der Waals surface area contributed by atoms with E-state index in [0.717, 1.165) is 10.0 Å². The minimum Gasteiger partial charge on any atom is -0.448 e. The molecule has 0 aliphatic heterocycles. The van der Waals surface area contributed by atoms with E-state index in [-0.39, 0.29) is 11.5 Å². The molecule has 3 rings (SSSR count). The molecule has 0 radical (unpaired) electrons. The van der Waals surface area contributed by atoms with Crippen molar-refractivity contribution in [1.29, 1.82) is 0 Å². The number of carbonyl (C=O) groups excluding carboxylic acids is 3. The van der Waals surface area contributed by atoms with Gasteiger partial charge in [-0.25, -0.2) is 4.79 Å². The summed E-state index contributed by atoms with van der Waals surface area (Å²) in [6.45, 7) is 2.91. The fraction of sp³-hybridized carbons (Fsp3) is 0.143. The molecule has 148 valence electrons. The predicted molar refractivity (Wildman–Crippen MR) is 112 cm³/mol. The highest BCUT2D eigenvalue weighted by molar-refractivity contribution is 9.10. The van der Waals surface area contributed by atoms with E-state index in [1.54, 1.807) is 30.3 Å².